The summed E-state index contributed by atoms with van der Waals surface area (Å²) in [7, 11) is 6.42. The molecule has 0 aliphatic heterocycles. The average molecular weight is 194 g/mol. The second-order valence-electron chi connectivity index (χ2n) is 3.83. The lowest BCUT2D eigenvalue weighted by atomic mass is 10.4. The standard InChI is InChI=1S/C11H16NS/c1-12(2,3)9-10-13-11-7-5-4-6-8-11/h4-10H,1-3H3/q+1/b10-9+. The molecule has 1 aromatic rings. The van der Waals surface area contributed by atoms with E-state index < -0.39 is 0 Å². The highest BCUT2D eigenvalue weighted by Crippen LogP contribution is 2.18. The van der Waals surface area contributed by atoms with Crippen LogP contribution in [0.3, 0.4) is 0 Å². The van der Waals surface area contributed by atoms with Crippen LogP contribution in [-0.4, -0.2) is 25.6 Å². The first-order chi connectivity index (χ1) is 6.08. The maximum Gasteiger partial charge on any atom is 0.102 e. The van der Waals surface area contributed by atoms with Gasteiger partial charge in [0.05, 0.1) is 21.1 Å². The summed E-state index contributed by atoms with van der Waals surface area (Å²) in [4.78, 5) is 1.28. The van der Waals surface area contributed by atoms with E-state index >= 15 is 0 Å². The van der Waals surface area contributed by atoms with E-state index in [0.717, 1.165) is 4.48 Å². The van der Waals surface area contributed by atoms with Crippen molar-refractivity contribution in [2.75, 3.05) is 21.1 Å². The summed E-state index contributed by atoms with van der Waals surface area (Å²) >= 11 is 1.75. The van der Waals surface area contributed by atoms with Crippen LogP contribution in [-0.2, 0) is 0 Å². The van der Waals surface area contributed by atoms with Gasteiger partial charge in [-0.2, -0.15) is 0 Å². The van der Waals surface area contributed by atoms with E-state index in [2.05, 4.69) is 57.0 Å². The van der Waals surface area contributed by atoms with Crippen LogP contribution in [0.4, 0.5) is 0 Å². The smallest absolute Gasteiger partial charge is 0.102 e. The van der Waals surface area contributed by atoms with E-state index in [1.807, 2.05) is 6.07 Å². The van der Waals surface area contributed by atoms with E-state index in [-0.39, 0.29) is 0 Å². The third-order valence-corrected chi connectivity index (χ3v) is 2.26. The molecule has 0 atom stereocenters. The molecule has 0 N–H and O–H groups in total. The maximum atomic E-state index is 2.16. The molecule has 0 unspecified atom stereocenters. The van der Waals surface area contributed by atoms with Gasteiger partial charge in [-0.15, -0.1) is 0 Å². The predicted octanol–water partition coefficient (Wildman–Crippen LogP) is 2.96. The Hall–Kier alpha value is -0.730. The highest BCUT2D eigenvalue weighted by molar-refractivity contribution is 8.02. The summed E-state index contributed by atoms with van der Waals surface area (Å²) < 4.78 is 0.861. The topological polar surface area (TPSA) is 0 Å². The zero-order valence-corrected chi connectivity index (χ0v) is 9.21. The van der Waals surface area contributed by atoms with Gasteiger partial charge in [-0.1, -0.05) is 30.0 Å². The van der Waals surface area contributed by atoms with Crippen molar-refractivity contribution in [3.63, 3.8) is 0 Å². The number of hydrogen-bond donors (Lipinski definition) is 0. The number of nitrogens with zero attached hydrogens (tertiary/aromatic N) is 1. The highest BCUT2D eigenvalue weighted by Gasteiger charge is 1.98. The number of benzene rings is 1. The Morgan fingerprint density at radius 3 is 2.23 bits per heavy atom. The van der Waals surface area contributed by atoms with Crippen LogP contribution in [0.15, 0.2) is 46.8 Å². The van der Waals surface area contributed by atoms with Gasteiger partial charge in [0.15, 0.2) is 0 Å². The van der Waals surface area contributed by atoms with Crippen LogP contribution in [0.2, 0.25) is 0 Å². The summed E-state index contributed by atoms with van der Waals surface area (Å²) in [6.07, 6.45) is 2.16. The average Bonchev–Trinajstić information content (AvgIpc) is 2.04. The van der Waals surface area contributed by atoms with Crippen molar-refractivity contribution in [2.24, 2.45) is 0 Å². The fourth-order valence-corrected chi connectivity index (χ4v) is 1.69. The SMILES string of the molecule is C[N+](C)(C)/C=C/Sc1ccccc1. The molecule has 0 saturated heterocycles. The zero-order valence-electron chi connectivity index (χ0n) is 8.40. The van der Waals surface area contributed by atoms with Crippen molar-refractivity contribution in [1.29, 1.82) is 0 Å². The Morgan fingerprint density at radius 2 is 1.69 bits per heavy atom. The van der Waals surface area contributed by atoms with Crippen molar-refractivity contribution in [3.05, 3.63) is 41.9 Å². The first kappa shape index (κ1) is 10.4. The molecule has 13 heavy (non-hydrogen) atoms. The highest BCUT2D eigenvalue weighted by atomic mass is 32.2. The molecule has 1 aromatic carbocycles. The van der Waals surface area contributed by atoms with Crippen molar-refractivity contribution in [3.8, 4) is 0 Å². The molecule has 0 amide bonds. The summed E-state index contributed by atoms with van der Waals surface area (Å²) in [5.74, 6) is 0. The zero-order chi connectivity index (χ0) is 9.73. The molecule has 1 nitrogen and oxygen atoms in total. The largest absolute Gasteiger partial charge is 0.304 e. The lowest BCUT2D eigenvalue weighted by Gasteiger charge is -2.16. The van der Waals surface area contributed by atoms with E-state index in [9.17, 15) is 0 Å². The minimum absolute atomic E-state index is 0.861. The fourth-order valence-electron chi connectivity index (χ4n) is 0.791. The van der Waals surface area contributed by atoms with E-state index in [0.29, 0.717) is 0 Å². The number of quaternary nitrogens is 1. The third kappa shape index (κ3) is 4.76. The summed E-state index contributed by atoms with van der Waals surface area (Å²) in [6.45, 7) is 0. The predicted molar refractivity (Wildman–Crippen MR) is 59.5 cm³/mol. The van der Waals surface area contributed by atoms with Crippen molar-refractivity contribution >= 4 is 11.8 Å². The number of hydrogen-bond acceptors (Lipinski definition) is 1. The maximum absolute atomic E-state index is 2.16. The van der Waals surface area contributed by atoms with Gasteiger partial charge in [-0.05, 0) is 12.1 Å². The molecule has 0 heterocycles. The monoisotopic (exact) mass is 194 g/mol. The van der Waals surface area contributed by atoms with Gasteiger partial charge >= 0.3 is 0 Å². The normalized spacial score (nSPS) is 12.2. The van der Waals surface area contributed by atoms with Crippen LogP contribution in [0.1, 0.15) is 0 Å². The fraction of sp³-hybridized carbons (Fsp3) is 0.273. The summed E-state index contributed by atoms with van der Waals surface area (Å²) in [5, 5.41) is 2.13. The molecule has 0 fully saturated rings. The molecule has 1 rings (SSSR count). The summed E-state index contributed by atoms with van der Waals surface area (Å²) in [6, 6.07) is 10.4. The molecule has 70 valence electrons. The van der Waals surface area contributed by atoms with Crippen LogP contribution in [0, 0.1) is 0 Å². The van der Waals surface area contributed by atoms with Crippen LogP contribution in [0.5, 0.6) is 0 Å². The Labute approximate surface area is 84.7 Å². The van der Waals surface area contributed by atoms with Crippen LogP contribution in [0.25, 0.3) is 0 Å². The molecular weight excluding hydrogens is 178 g/mol. The molecule has 2 heteroatoms. The van der Waals surface area contributed by atoms with E-state index in [1.165, 1.54) is 4.90 Å². The van der Waals surface area contributed by atoms with Crippen molar-refractivity contribution in [1.82, 2.24) is 0 Å². The lowest BCUT2D eigenvalue weighted by molar-refractivity contribution is -0.817. The molecule has 0 spiro atoms. The number of rotatable bonds is 3. The van der Waals surface area contributed by atoms with Gasteiger partial charge in [0.25, 0.3) is 0 Å². The minimum Gasteiger partial charge on any atom is -0.304 e. The Balaban J connectivity index is 2.49. The van der Waals surface area contributed by atoms with Gasteiger partial charge in [0, 0.05) is 10.3 Å². The van der Waals surface area contributed by atoms with Gasteiger partial charge in [-0.25, -0.2) is 0 Å². The summed E-state index contributed by atoms with van der Waals surface area (Å²) in [5.41, 5.74) is 0. The van der Waals surface area contributed by atoms with Gasteiger partial charge < -0.3 is 4.48 Å². The molecule has 0 aliphatic rings. The first-order valence-corrected chi connectivity index (χ1v) is 5.16. The molecule has 0 saturated carbocycles. The van der Waals surface area contributed by atoms with E-state index in [1.54, 1.807) is 11.8 Å². The van der Waals surface area contributed by atoms with Gasteiger partial charge in [0.2, 0.25) is 0 Å². The third-order valence-electron chi connectivity index (χ3n) is 1.46. The Morgan fingerprint density at radius 1 is 1.08 bits per heavy atom. The molecule has 0 aliphatic carbocycles. The van der Waals surface area contributed by atoms with Gasteiger partial charge in [0.1, 0.15) is 6.20 Å². The molecule has 0 bridgehead atoms. The second-order valence-corrected chi connectivity index (χ2v) is 4.81. The van der Waals surface area contributed by atoms with Crippen LogP contribution < -0.4 is 0 Å². The van der Waals surface area contributed by atoms with Crippen molar-refractivity contribution < 1.29 is 4.48 Å². The van der Waals surface area contributed by atoms with Crippen molar-refractivity contribution in [2.45, 2.75) is 4.90 Å². The Kier molecular flexibility index (Phi) is 3.58. The molecular formula is C11H16NS+. The lowest BCUT2D eigenvalue weighted by Crippen LogP contribution is -2.26. The molecule has 0 radical (unpaired) electrons. The Bertz CT molecular complexity index is 272. The quantitative estimate of drug-likeness (QED) is 0.526. The van der Waals surface area contributed by atoms with E-state index in [4.69, 9.17) is 0 Å². The number of thioether (sulfide) groups is 1. The minimum atomic E-state index is 0.861. The second kappa shape index (κ2) is 4.49. The van der Waals surface area contributed by atoms with Crippen LogP contribution >= 0.6 is 11.8 Å². The molecule has 0 aromatic heterocycles. The first-order valence-electron chi connectivity index (χ1n) is 4.28. The van der Waals surface area contributed by atoms with Gasteiger partial charge in [-0.3, -0.25) is 0 Å².